The van der Waals surface area contributed by atoms with Crippen molar-refractivity contribution in [3.63, 3.8) is 0 Å². The summed E-state index contributed by atoms with van der Waals surface area (Å²) in [5.74, 6) is 1.15. The lowest BCUT2D eigenvalue weighted by Crippen LogP contribution is -2.36. The monoisotopic (exact) mass is 522 g/mol. The summed E-state index contributed by atoms with van der Waals surface area (Å²) in [4.78, 5) is 19.9. The van der Waals surface area contributed by atoms with E-state index in [0.717, 1.165) is 87.3 Å². The topological polar surface area (TPSA) is 94.5 Å². The normalized spacial score (nSPS) is 22.9. The minimum atomic E-state index is -0.317. The van der Waals surface area contributed by atoms with E-state index in [-0.39, 0.29) is 18.0 Å². The van der Waals surface area contributed by atoms with Crippen molar-refractivity contribution in [3.05, 3.63) is 42.4 Å². The van der Waals surface area contributed by atoms with Crippen LogP contribution >= 0.6 is 0 Å². The number of fused-ring (bicyclic) bond motifs is 1. The second-order valence-electron chi connectivity index (χ2n) is 10.4. The van der Waals surface area contributed by atoms with Gasteiger partial charge in [-0.25, -0.2) is 19.3 Å². The van der Waals surface area contributed by atoms with Crippen molar-refractivity contribution in [1.29, 1.82) is 0 Å². The van der Waals surface area contributed by atoms with Crippen molar-refractivity contribution in [2.75, 3.05) is 49.7 Å². The summed E-state index contributed by atoms with van der Waals surface area (Å²) in [5.41, 5.74) is 3.22. The maximum Gasteiger partial charge on any atom is 0.186 e. The van der Waals surface area contributed by atoms with Crippen molar-refractivity contribution in [3.8, 4) is 5.75 Å². The molecule has 1 aliphatic carbocycles. The van der Waals surface area contributed by atoms with E-state index in [2.05, 4.69) is 42.3 Å². The van der Waals surface area contributed by atoms with Gasteiger partial charge in [-0.05, 0) is 56.9 Å². The molecular formula is C28H35FN6O3. The quantitative estimate of drug-likeness (QED) is 0.491. The van der Waals surface area contributed by atoms with Gasteiger partial charge in [-0.1, -0.05) is 0 Å². The van der Waals surface area contributed by atoms with Gasteiger partial charge in [0.2, 0.25) is 0 Å². The second-order valence-corrected chi connectivity index (χ2v) is 10.4. The molecule has 0 spiro atoms. The number of hydrogen-bond acceptors (Lipinski definition) is 9. The smallest absolute Gasteiger partial charge is 0.186 e. The molecule has 0 radical (unpaired) electrons. The first-order chi connectivity index (χ1) is 18.7. The largest absolute Gasteiger partial charge is 0.488 e. The fraction of sp³-hybridized carbons (Fsp3) is 0.571. The Hall–Kier alpha value is -3.11. The van der Waals surface area contributed by atoms with Crippen LogP contribution in [0.25, 0.3) is 11.0 Å². The number of rotatable bonds is 7. The van der Waals surface area contributed by atoms with Crippen LogP contribution in [0.4, 0.5) is 15.9 Å². The molecule has 10 heteroatoms. The van der Waals surface area contributed by atoms with E-state index in [4.69, 9.17) is 14.2 Å². The number of halogens is 1. The van der Waals surface area contributed by atoms with Gasteiger partial charge in [-0.3, -0.25) is 4.98 Å². The molecule has 38 heavy (non-hydrogen) atoms. The van der Waals surface area contributed by atoms with Crippen LogP contribution in [0.1, 0.15) is 44.2 Å². The summed E-state index contributed by atoms with van der Waals surface area (Å²) in [6.07, 6.45) is 11.1. The first kappa shape index (κ1) is 25.2. The predicted octanol–water partition coefficient (Wildman–Crippen LogP) is 4.17. The lowest BCUT2D eigenvalue weighted by molar-refractivity contribution is 0.0903. The first-order valence-electron chi connectivity index (χ1n) is 13.8. The second kappa shape index (κ2) is 11.7. The van der Waals surface area contributed by atoms with E-state index in [9.17, 15) is 0 Å². The number of ether oxygens (including phenoxy) is 3. The summed E-state index contributed by atoms with van der Waals surface area (Å²) in [6, 6.07) is 4.37. The summed E-state index contributed by atoms with van der Waals surface area (Å²) < 4.78 is 32.7. The highest BCUT2D eigenvalue weighted by molar-refractivity contribution is 5.85. The average molecular weight is 523 g/mol. The van der Waals surface area contributed by atoms with Crippen LogP contribution in [0.2, 0.25) is 0 Å². The molecule has 1 saturated carbocycles. The van der Waals surface area contributed by atoms with Crippen LogP contribution in [-0.4, -0.2) is 71.6 Å². The molecule has 4 heterocycles. The molecule has 1 N–H and O–H groups in total. The maximum atomic E-state index is 15.2. The number of benzene rings is 1. The zero-order valence-corrected chi connectivity index (χ0v) is 21.6. The van der Waals surface area contributed by atoms with Gasteiger partial charge >= 0.3 is 0 Å². The van der Waals surface area contributed by atoms with Crippen LogP contribution in [-0.2, 0) is 15.9 Å². The number of hydrogen-bond donors (Lipinski definition) is 1. The zero-order chi connectivity index (χ0) is 25.7. The molecule has 3 aliphatic rings. The van der Waals surface area contributed by atoms with Crippen LogP contribution in [0.5, 0.6) is 5.75 Å². The third-order valence-corrected chi connectivity index (χ3v) is 7.89. The van der Waals surface area contributed by atoms with Gasteiger partial charge in [0.25, 0.3) is 0 Å². The Morgan fingerprint density at radius 3 is 2.47 bits per heavy atom. The van der Waals surface area contributed by atoms with Crippen molar-refractivity contribution in [2.45, 2.75) is 57.1 Å². The molecule has 9 nitrogen and oxygen atoms in total. The highest BCUT2D eigenvalue weighted by atomic mass is 19.1. The number of morpholine rings is 1. The van der Waals surface area contributed by atoms with E-state index >= 15 is 4.39 Å². The van der Waals surface area contributed by atoms with Crippen molar-refractivity contribution < 1.29 is 18.6 Å². The van der Waals surface area contributed by atoms with E-state index in [1.807, 2.05) is 0 Å². The summed E-state index contributed by atoms with van der Waals surface area (Å²) >= 11 is 0. The third kappa shape index (κ3) is 5.81. The minimum Gasteiger partial charge on any atom is -0.488 e. The summed E-state index contributed by atoms with van der Waals surface area (Å²) in [6.45, 7) is 4.53. The van der Waals surface area contributed by atoms with Crippen molar-refractivity contribution in [2.24, 2.45) is 5.92 Å². The molecule has 202 valence electrons. The van der Waals surface area contributed by atoms with E-state index in [1.54, 1.807) is 12.4 Å². The van der Waals surface area contributed by atoms with Crippen molar-refractivity contribution >= 4 is 22.5 Å². The Labute approximate surface area is 222 Å². The fourth-order valence-electron chi connectivity index (χ4n) is 5.71. The SMILES string of the molecule is Fc1c(CC2CCC(Oc3cc(N4CCOCC4)cc4nccnc34)CC2)ncnc1NC1CCOCC1. The van der Waals surface area contributed by atoms with Gasteiger partial charge in [0.15, 0.2) is 11.6 Å². The van der Waals surface area contributed by atoms with Crippen LogP contribution in [0, 0.1) is 11.7 Å². The molecule has 0 amide bonds. The minimum absolute atomic E-state index is 0.0948. The number of anilines is 2. The Kier molecular flexibility index (Phi) is 7.78. The van der Waals surface area contributed by atoms with Gasteiger partial charge in [0.05, 0.1) is 30.5 Å². The van der Waals surface area contributed by atoms with Gasteiger partial charge in [-0.15, -0.1) is 0 Å². The zero-order valence-electron chi connectivity index (χ0n) is 21.6. The third-order valence-electron chi connectivity index (χ3n) is 7.89. The van der Waals surface area contributed by atoms with Gasteiger partial charge in [0.1, 0.15) is 17.6 Å². The van der Waals surface area contributed by atoms with Crippen LogP contribution in [0.3, 0.4) is 0 Å². The number of nitrogens with zero attached hydrogens (tertiary/aromatic N) is 5. The van der Waals surface area contributed by atoms with Crippen LogP contribution < -0.4 is 15.0 Å². The maximum absolute atomic E-state index is 15.2. The number of aromatic nitrogens is 4. The lowest BCUT2D eigenvalue weighted by Gasteiger charge is -2.31. The fourth-order valence-corrected chi connectivity index (χ4v) is 5.71. The molecule has 3 aromatic rings. The van der Waals surface area contributed by atoms with E-state index in [0.29, 0.717) is 37.1 Å². The summed E-state index contributed by atoms with van der Waals surface area (Å²) in [7, 11) is 0. The Bertz CT molecular complexity index is 1230. The van der Waals surface area contributed by atoms with Gasteiger partial charge in [0, 0.05) is 56.5 Å². The van der Waals surface area contributed by atoms with Gasteiger partial charge < -0.3 is 24.4 Å². The predicted molar refractivity (Wildman–Crippen MR) is 142 cm³/mol. The Morgan fingerprint density at radius 1 is 0.895 bits per heavy atom. The molecule has 1 aromatic carbocycles. The molecule has 2 saturated heterocycles. The Balaban J connectivity index is 1.09. The molecule has 3 fully saturated rings. The molecule has 2 aromatic heterocycles. The highest BCUT2D eigenvalue weighted by Crippen LogP contribution is 2.35. The standard InChI is InChI=1S/C28H35FN6O3/c29-26-23(32-18-33-28(26)34-20-5-11-36-12-6-20)15-19-1-3-22(4-2-19)38-25-17-21(35-9-13-37-14-10-35)16-24-27(25)31-8-7-30-24/h7-8,16-20,22H,1-6,9-15H2,(H,32,33,34). The number of nitrogens with one attached hydrogen (secondary N) is 1. The molecule has 0 bridgehead atoms. The Morgan fingerprint density at radius 2 is 1.66 bits per heavy atom. The molecule has 0 unspecified atom stereocenters. The molecule has 2 aliphatic heterocycles. The first-order valence-corrected chi connectivity index (χ1v) is 13.8. The van der Waals surface area contributed by atoms with E-state index in [1.165, 1.54) is 6.33 Å². The summed E-state index contributed by atoms with van der Waals surface area (Å²) in [5, 5.41) is 3.26. The molecular weight excluding hydrogens is 487 g/mol. The van der Waals surface area contributed by atoms with Crippen molar-refractivity contribution in [1.82, 2.24) is 19.9 Å². The van der Waals surface area contributed by atoms with Gasteiger partial charge in [-0.2, -0.15) is 0 Å². The lowest BCUT2D eigenvalue weighted by atomic mass is 9.84. The highest BCUT2D eigenvalue weighted by Gasteiger charge is 2.26. The average Bonchev–Trinajstić information content (AvgIpc) is 2.97. The molecule has 0 atom stereocenters. The van der Waals surface area contributed by atoms with Crippen LogP contribution in [0.15, 0.2) is 30.9 Å². The van der Waals surface area contributed by atoms with E-state index < -0.39 is 0 Å². The molecule has 6 rings (SSSR count).